The van der Waals surface area contributed by atoms with Crippen LogP contribution in [0.1, 0.15) is 71.3 Å². The standard InChI is InChI=1S/C28H40N4O6/c1-27(2,3)38-26(36)30-21-14-19(15-22(21)31-37-17-18-9-5-4-6-10-18)13-20-16-23(33)28(24(20)34)11-7-8-12-32(28)25(29)35/h4-6,9-10,19-22,31H,7-8,11-17H2,1-3H3,(H2,29,35)(H,30,36)/t19?,20?,21-,22?,28+/m0/s1. The van der Waals surface area contributed by atoms with Crippen molar-refractivity contribution in [3.63, 3.8) is 0 Å². The molecule has 10 nitrogen and oxygen atoms in total. The first-order valence-corrected chi connectivity index (χ1v) is 13.5. The van der Waals surface area contributed by atoms with Gasteiger partial charge in [-0.25, -0.2) is 9.59 Å². The predicted molar refractivity (Wildman–Crippen MR) is 140 cm³/mol. The average Bonchev–Trinajstić information content (AvgIpc) is 3.32. The molecular formula is C28H40N4O6. The number of ether oxygens (including phenoxy) is 1. The lowest BCUT2D eigenvalue weighted by molar-refractivity contribution is -0.139. The van der Waals surface area contributed by atoms with Gasteiger partial charge in [0.15, 0.2) is 17.1 Å². The summed E-state index contributed by atoms with van der Waals surface area (Å²) in [5, 5.41) is 2.96. The van der Waals surface area contributed by atoms with Crippen LogP contribution in [-0.2, 0) is 25.8 Å². The van der Waals surface area contributed by atoms with Gasteiger partial charge < -0.3 is 20.7 Å². The van der Waals surface area contributed by atoms with E-state index >= 15 is 0 Å². The molecule has 3 amide bonds. The third kappa shape index (κ3) is 6.18. The zero-order chi connectivity index (χ0) is 27.5. The largest absolute Gasteiger partial charge is 0.444 e. The molecule has 1 aliphatic heterocycles. The van der Waals surface area contributed by atoms with Gasteiger partial charge in [0.1, 0.15) is 5.60 Å². The van der Waals surface area contributed by atoms with E-state index in [0.29, 0.717) is 45.3 Å². The van der Waals surface area contributed by atoms with Crippen LogP contribution in [0.15, 0.2) is 30.3 Å². The lowest BCUT2D eigenvalue weighted by Crippen LogP contribution is -2.62. The van der Waals surface area contributed by atoms with Gasteiger partial charge in [-0.1, -0.05) is 30.3 Å². The van der Waals surface area contributed by atoms with Crippen molar-refractivity contribution in [1.29, 1.82) is 0 Å². The fraction of sp³-hybridized carbons (Fsp3) is 0.643. The minimum absolute atomic E-state index is 0.0651. The second-order valence-electron chi connectivity index (χ2n) is 11.8. The topological polar surface area (TPSA) is 140 Å². The van der Waals surface area contributed by atoms with Gasteiger partial charge in [0.25, 0.3) is 0 Å². The Bertz CT molecular complexity index is 1040. The number of hydroxylamine groups is 1. The van der Waals surface area contributed by atoms with E-state index in [0.717, 1.165) is 12.0 Å². The van der Waals surface area contributed by atoms with Crippen LogP contribution in [0.25, 0.3) is 0 Å². The molecule has 0 radical (unpaired) electrons. The summed E-state index contributed by atoms with van der Waals surface area (Å²) in [6.07, 6.45) is 3.15. The Balaban J connectivity index is 1.42. The van der Waals surface area contributed by atoms with Crippen molar-refractivity contribution in [2.24, 2.45) is 17.6 Å². The SMILES string of the molecule is CC(C)(C)OC(=O)N[C@H]1CC(CC2CC(=O)[C@]3(CCCCN3C(N)=O)C2=O)CC1NOCc1ccccc1. The number of hydrogen-bond acceptors (Lipinski definition) is 7. The zero-order valence-corrected chi connectivity index (χ0v) is 22.5. The molecule has 38 heavy (non-hydrogen) atoms. The van der Waals surface area contributed by atoms with Crippen molar-refractivity contribution in [3.8, 4) is 0 Å². The fourth-order valence-corrected chi connectivity index (χ4v) is 6.26. The highest BCUT2D eigenvalue weighted by molar-refractivity contribution is 6.19. The highest BCUT2D eigenvalue weighted by atomic mass is 16.6. The molecule has 0 aromatic heterocycles. The number of nitrogens with two attached hydrogens (primary N) is 1. The minimum Gasteiger partial charge on any atom is -0.444 e. The number of nitrogens with one attached hydrogen (secondary N) is 2. The highest BCUT2D eigenvalue weighted by Gasteiger charge is 2.60. The lowest BCUT2D eigenvalue weighted by atomic mass is 9.81. The first-order valence-electron chi connectivity index (χ1n) is 13.5. The monoisotopic (exact) mass is 528 g/mol. The first-order chi connectivity index (χ1) is 18.0. The Morgan fingerprint density at radius 2 is 1.82 bits per heavy atom. The molecular weight excluding hydrogens is 488 g/mol. The molecule has 1 spiro atoms. The van der Waals surface area contributed by atoms with E-state index in [1.54, 1.807) is 0 Å². The molecule has 5 atom stereocenters. The van der Waals surface area contributed by atoms with Gasteiger partial charge in [0, 0.05) is 18.9 Å². The summed E-state index contributed by atoms with van der Waals surface area (Å²) in [7, 11) is 0. The summed E-state index contributed by atoms with van der Waals surface area (Å²) in [4.78, 5) is 58.5. The number of ketones is 2. The second kappa shape index (κ2) is 11.4. The van der Waals surface area contributed by atoms with Crippen LogP contribution in [0.2, 0.25) is 0 Å². The molecule has 2 aliphatic carbocycles. The van der Waals surface area contributed by atoms with Crippen molar-refractivity contribution >= 4 is 23.7 Å². The lowest BCUT2D eigenvalue weighted by Gasteiger charge is -2.41. The molecule has 1 saturated heterocycles. The van der Waals surface area contributed by atoms with Crippen molar-refractivity contribution in [2.45, 2.75) is 95.5 Å². The molecule has 1 aromatic rings. The van der Waals surface area contributed by atoms with Crippen LogP contribution in [0.4, 0.5) is 9.59 Å². The molecule has 4 N–H and O–H groups in total. The van der Waals surface area contributed by atoms with Gasteiger partial charge >= 0.3 is 12.1 Å². The van der Waals surface area contributed by atoms with Gasteiger partial charge in [-0.3, -0.25) is 14.4 Å². The number of rotatable bonds is 7. The number of carbonyl (C=O) groups excluding carboxylic acids is 4. The van der Waals surface area contributed by atoms with Crippen LogP contribution in [0.3, 0.4) is 0 Å². The van der Waals surface area contributed by atoms with Gasteiger partial charge in [-0.2, -0.15) is 5.48 Å². The molecule has 3 fully saturated rings. The van der Waals surface area contributed by atoms with Crippen molar-refractivity contribution in [3.05, 3.63) is 35.9 Å². The maximum atomic E-state index is 13.6. The van der Waals surface area contributed by atoms with Crippen LogP contribution in [-0.4, -0.2) is 58.4 Å². The maximum absolute atomic E-state index is 13.6. The maximum Gasteiger partial charge on any atom is 0.407 e. The Morgan fingerprint density at radius 3 is 2.50 bits per heavy atom. The third-order valence-corrected chi connectivity index (χ3v) is 7.87. The minimum atomic E-state index is -1.40. The van der Waals surface area contributed by atoms with E-state index in [1.165, 1.54) is 4.90 Å². The third-order valence-electron chi connectivity index (χ3n) is 7.87. The molecule has 4 rings (SSSR count). The van der Waals surface area contributed by atoms with Crippen LogP contribution in [0, 0.1) is 11.8 Å². The molecule has 2 saturated carbocycles. The number of likely N-dealkylation sites (tertiary alicyclic amines) is 1. The Morgan fingerprint density at radius 1 is 1.11 bits per heavy atom. The van der Waals surface area contributed by atoms with Crippen LogP contribution in [0.5, 0.6) is 0 Å². The average molecular weight is 529 g/mol. The van der Waals surface area contributed by atoms with Crippen LogP contribution < -0.4 is 16.5 Å². The summed E-state index contributed by atoms with van der Waals surface area (Å²) in [6.45, 7) is 6.11. The first kappa shape index (κ1) is 28.0. The van der Waals surface area contributed by atoms with E-state index < -0.39 is 29.2 Å². The molecule has 1 aromatic carbocycles. The fourth-order valence-electron chi connectivity index (χ4n) is 6.26. The van der Waals surface area contributed by atoms with E-state index in [-0.39, 0.29) is 36.0 Å². The number of carbonyl (C=O) groups is 4. The number of Topliss-reactive ketones (excluding diaryl/α,β-unsaturated/α-hetero) is 2. The summed E-state index contributed by atoms with van der Waals surface area (Å²) in [5.41, 5.74) is 7.66. The second-order valence-corrected chi connectivity index (χ2v) is 11.8. The Labute approximate surface area is 223 Å². The predicted octanol–water partition coefficient (Wildman–Crippen LogP) is 3.23. The molecule has 3 unspecified atom stereocenters. The number of nitrogens with zero attached hydrogens (tertiary/aromatic N) is 1. The number of amides is 3. The quantitative estimate of drug-likeness (QED) is 0.365. The van der Waals surface area contributed by atoms with E-state index in [2.05, 4.69) is 10.8 Å². The Kier molecular flexibility index (Phi) is 8.42. The normalized spacial score (nSPS) is 29.6. The van der Waals surface area contributed by atoms with E-state index in [9.17, 15) is 19.2 Å². The molecule has 3 aliphatic rings. The van der Waals surface area contributed by atoms with Gasteiger partial charge in [0.05, 0.1) is 18.7 Å². The summed E-state index contributed by atoms with van der Waals surface area (Å²) < 4.78 is 5.46. The number of piperidine rings is 1. The number of alkyl carbamates (subject to hydrolysis) is 1. The molecule has 10 heteroatoms. The molecule has 208 valence electrons. The highest BCUT2D eigenvalue weighted by Crippen LogP contribution is 2.43. The van der Waals surface area contributed by atoms with E-state index in [1.807, 2.05) is 51.1 Å². The molecule has 0 bridgehead atoms. The van der Waals surface area contributed by atoms with Crippen molar-refractivity contribution in [1.82, 2.24) is 15.7 Å². The smallest absolute Gasteiger partial charge is 0.407 e. The number of urea groups is 1. The summed E-state index contributed by atoms with van der Waals surface area (Å²) in [6, 6.07) is 8.57. The summed E-state index contributed by atoms with van der Waals surface area (Å²) in [5.74, 6) is -0.795. The number of benzene rings is 1. The van der Waals surface area contributed by atoms with Crippen molar-refractivity contribution in [2.75, 3.05) is 6.54 Å². The van der Waals surface area contributed by atoms with Gasteiger partial charge in [0.2, 0.25) is 0 Å². The number of primary amides is 1. The van der Waals surface area contributed by atoms with E-state index in [4.69, 9.17) is 15.3 Å². The summed E-state index contributed by atoms with van der Waals surface area (Å²) >= 11 is 0. The van der Waals surface area contributed by atoms with Gasteiger partial charge in [-0.15, -0.1) is 0 Å². The van der Waals surface area contributed by atoms with Crippen molar-refractivity contribution < 1.29 is 28.8 Å². The van der Waals surface area contributed by atoms with Crippen LogP contribution >= 0.6 is 0 Å². The van der Waals surface area contributed by atoms with Gasteiger partial charge in [-0.05, 0) is 70.8 Å². The Hall–Kier alpha value is -2.98. The zero-order valence-electron chi connectivity index (χ0n) is 22.5. The molecule has 1 heterocycles. The number of hydrogen-bond donors (Lipinski definition) is 3.